The minimum Gasteiger partial charge on any atom is -0.397 e. The quantitative estimate of drug-likeness (QED) is 0.0632. The molecule has 0 atom stereocenters. The highest BCUT2D eigenvalue weighted by molar-refractivity contribution is 5.79. The molecule has 4 N–H and O–H groups in total. The van der Waals surface area contributed by atoms with Crippen LogP contribution in [0, 0.1) is 10.1 Å². The molecular formula is C30H56N4O2. The molecule has 0 amide bonds. The van der Waals surface area contributed by atoms with Gasteiger partial charge in [-0.15, -0.1) is 0 Å². The lowest BCUT2D eigenvalue weighted by atomic mass is 10.1. The SMILES string of the molecule is CCCCCCCCCCCCN(CCCCCCCCCCCC)c1cc(N)c(N)c([N+](=O)[O-])c1. The van der Waals surface area contributed by atoms with Gasteiger partial charge in [-0.25, -0.2) is 0 Å². The molecule has 0 aliphatic rings. The van der Waals surface area contributed by atoms with E-state index >= 15 is 0 Å². The van der Waals surface area contributed by atoms with E-state index in [1.54, 1.807) is 6.07 Å². The summed E-state index contributed by atoms with van der Waals surface area (Å²) in [5, 5.41) is 11.5. The van der Waals surface area contributed by atoms with Gasteiger partial charge in [0.05, 0.1) is 10.6 Å². The zero-order valence-electron chi connectivity index (χ0n) is 23.6. The van der Waals surface area contributed by atoms with E-state index in [4.69, 9.17) is 11.5 Å². The number of nitro groups is 1. The Balaban J connectivity index is 2.47. The van der Waals surface area contributed by atoms with Gasteiger partial charge in [0.15, 0.2) is 0 Å². The second kappa shape index (κ2) is 21.1. The summed E-state index contributed by atoms with van der Waals surface area (Å²) in [6, 6.07) is 3.42. The fraction of sp³-hybridized carbons (Fsp3) is 0.800. The van der Waals surface area contributed by atoms with Gasteiger partial charge in [-0.3, -0.25) is 10.1 Å². The van der Waals surface area contributed by atoms with E-state index in [1.807, 2.05) is 6.07 Å². The molecule has 0 bridgehead atoms. The van der Waals surface area contributed by atoms with Crippen molar-refractivity contribution in [3.8, 4) is 0 Å². The number of hydrogen-bond donors (Lipinski definition) is 2. The van der Waals surface area contributed by atoms with Crippen LogP contribution in [0.1, 0.15) is 142 Å². The van der Waals surface area contributed by atoms with Crippen molar-refractivity contribution in [2.75, 3.05) is 29.5 Å². The van der Waals surface area contributed by atoms with Crippen molar-refractivity contribution >= 4 is 22.7 Å². The Hall–Kier alpha value is -1.98. The van der Waals surface area contributed by atoms with E-state index in [2.05, 4.69) is 18.7 Å². The number of anilines is 3. The Labute approximate surface area is 221 Å². The first-order valence-electron chi connectivity index (χ1n) is 15.1. The Morgan fingerprint density at radius 3 is 1.36 bits per heavy atom. The molecule has 1 aromatic rings. The van der Waals surface area contributed by atoms with Crippen molar-refractivity contribution in [1.82, 2.24) is 0 Å². The van der Waals surface area contributed by atoms with Crippen LogP contribution in [0.5, 0.6) is 0 Å². The van der Waals surface area contributed by atoms with Crippen molar-refractivity contribution in [3.63, 3.8) is 0 Å². The molecule has 36 heavy (non-hydrogen) atoms. The molecule has 0 heterocycles. The number of hydrogen-bond acceptors (Lipinski definition) is 5. The Kier molecular flexibility index (Phi) is 18.8. The first-order valence-corrected chi connectivity index (χ1v) is 15.1. The van der Waals surface area contributed by atoms with Crippen LogP contribution in [0.25, 0.3) is 0 Å². The van der Waals surface area contributed by atoms with Gasteiger partial charge in [-0.1, -0.05) is 129 Å². The summed E-state index contributed by atoms with van der Waals surface area (Å²) in [6.07, 6.45) is 26.0. The topological polar surface area (TPSA) is 98.4 Å². The van der Waals surface area contributed by atoms with Gasteiger partial charge in [-0.05, 0) is 18.9 Å². The Morgan fingerprint density at radius 2 is 1.00 bits per heavy atom. The Bertz CT molecular complexity index is 672. The van der Waals surface area contributed by atoms with Crippen LogP contribution in [0.15, 0.2) is 12.1 Å². The number of unbranched alkanes of at least 4 members (excludes halogenated alkanes) is 18. The summed E-state index contributed by atoms with van der Waals surface area (Å²) < 4.78 is 0. The number of nitrogens with two attached hydrogens (primary N) is 2. The van der Waals surface area contributed by atoms with Crippen molar-refractivity contribution in [3.05, 3.63) is 22.2 Å². The maximum absolute atomic E-state index is 11.5. The summed E-state index contributed by atoms with van der Waals surface area (Å²) in [6.45, 7) is 6.34. The van der Waals surface area contributed by atoms with Crippen LogP contribution < -0.4 is 16.4 Å². The minimum atomic E-state index is -0.422. The largest absolute Gasteiger partial charge is 0.397 e. The zero-order chi connectivity index (χ0) is 26.4. The number of nitrogen functional groups attached to an aromatic ring is 2. The fourth-order valence-electron chi connectivity index (χ4n) is 4.93. The first-order chi connectivity index (χ1) is 17.5. The lowest BCUT2D eigenvalue weighted by molar-refractivity contribution is -0.383. The molecule has 0 fully saturated rings. The van der Waals surface area contributed by atoms with E-state index in [0.717, 1.165) is 31.6 Å². The molecule has 0 unspecified atom stereocenters. The highest BCUT2D eigenvalue weighted by Crippen LogP contribution is 2.33. The van der Waals surface area contributed by atoms with E-state index < -0.39 is 4.92 Å². The molecule has 6 heteroatoms. The monoisotopic (exact) mass is 504 g/mol. The minimum absolute atomic E-state index is 0.0709. The van der Waals surface area contributed by atoms with E-state index in [0.29, 0.717) is 5.69 Å². The third-order valence-corrected chi connectivity index (χ3v) is 7.30. The maximum Gasteiger partial charge on any atom is 0.296 e. The van der Waals surface area contributed by atoms with Crippen molar-refractivity contribution in [2.45, 2.75) is 142 Å². The molecule has 1 aromatic carbocycles. The number of nitro benzene ring substituents is 1. The average molecular weight is 505 g/mol. The van der Waals surface area contributed by atoms with Crippen LogP contribution >= 0.6 is 0 Å². The molecule has 0 saturated carbocycles. The highest BCUT2D eigenvalue weighted by Gasteiger charge is 2.18. The second-order valence-electron chi connectivity index (χ2n) is 10.6. The lowest BCUT2D eigenvalue weighted by Gasteiger charge is -2.25. The normalized spacial score (nSPS) is 11.2. The van der Waals surface area contributed by atoms with Gasteiger partial charge in [-0.2, -0.15) is 0 Å². The highest BCUT2D eigenvalue weighted by atomic mass is 16.6. The third kappa shape index (κ3) is 14.5. The number of nitrogens with zero attached hydrogens (tertiary/aromatic N) is 2. The van der Waals surface area contributed by atoms with Crippen LogP contribution in [-0.2, 0) is 0 Å². The summed E-state index contributed by atoms with van der Waals surface area (Å²) in [5.41, 5.74) is 13.1. The molecular weight excluding hydrogens is 448 g/mol. The Morgan fingerprint density at radius 1 is 0.639 bits per heavy atom. The molecule has 208 valence electrons. The van der Waals surface area contributed by atoms with E-state index in [-0.39, 0.29) is 11.4 Å². The molecule has 0 aliphatic heterocycles. The van der Waals surface area contributed by atoms with Gasteiger partial charge in [0.25, 0.3) is 5.69 Å². The van der Waals surface area contributed by atoms with Crippen LogP contribution in [0.2, 0.25) is 0 Å². The number of rotatable bonds is 24. The molecule has 0 spiro atoms. The maximum atomic E-state index is 11.5. The van der Waals surface area contributed by atoms with Gasteiger partial charge in [0.1, 0.15) is 5.69 Å². The van der Waals surface area contributed by atoms with E-state index in [1.165, 1.54) is 116 Å². The van der Waals surface area contributed by atoms with Gasteiger partial charge >= 0.3 is 0 Å². The third-order valence-electron chi connectivity index (χ3n) is 7.30. The summed E-state index contributed by atoms with van der Waals surface area (Å²) in [4.78, 5) is 13.4. The number of benzene rings is 1. The van der Waals surface area contributed by atoms with Crippen LogP contribution in [0.4, 0.5) is 22.7 Å². The van der Waals surface area contributed by atoms with Gasteiger partial charge in [0, 0.05) is 24.8 Å². The molecule has 0 saturated heterocycles. The molecule has 0 radical (unpaired) electrons. The standard InChI is InChI=1S/C30H56N4O2/c1-3-5-7-9-11-13-15-17-19-21-23-33(24-22-20-18-16-14-12-10-8-6-4-2)27-25-28(31)30(32)29(26-27)34(35)36/h25-26H,3-24,31-32H2,1-2H3. The van der Waals surface area contributed by atoms with Crippen molar-refractivity contribution < 1.29 is 4.92 Å². The van der Waals surface area contributed by atoms with Gasteiger partial charge < -0.3 is 16.4 Å². The van der Waals surface area contributed by atoms with Crippen molar-refractivity contribution in [2.24, 2.45) is 0 Å². The fourth-order valence-corrected chi connectivity index (χ4v) is 4.93. The van der Waals surface area contributed by atoms with Crippen LogP contribution in [0.3, 0.4) is 0 Å². The summed E-state index contributed by atoms with van der Waals surface area (Å²) in [7, 11) is 0. The predicted molar refractivity (Wildman–Crippen MR) is 158 cm³/mol. The molecule has 6 nitrogen and oxygen atoms in total. The summed E-state index contributed by atoms with van der Waals surface area (Å²) >= 11 is 0. The summed E-state index contributed by atoms with van der Waals surface area (Å²) in [5.74, 6) is 0. The van der Waals surface area contributed by atoms with Crippen LogP contribution in [-0.4, -0.2) is 18.0 Å². The van der Waals surface area contributed by atoms with E-state index in [9.17, 15) is 10.1 Å². The molecule has 1 rings (SSSR count). The molecule has 0 aliphatic carbocycles. The lowest BCUT2D eigenvalue weighted by Crippen LogP contribution is -2.26. The second-order valence-corrected chi connectivity index (χ2v) is 10.6. The predicted octanol–water partition coefficient (Wildman–Crippen LogP) is 9.41. The first kappa shape index (κ1) is 32.0. The molecule has 0 aromatic heterocycles. The average Bonchev–Trinajstić information content (AvgIpc) is 2.86. The zero-order valence-corrected chi connectivity index (χ0v) is 23.6. The van der Waals surface area contributed by atoms with Crippen molar-refractivity contribution in [1.29, 1.82) is 0 Å². The van der Waals surface area contributed by atoms with Gasteiger partial charge in [0.2, 0.25) is 0 Å². The smallest absolute Gasteiger partial charge is 0.296 e.